The van der Waals surface area contributed by atoms with Gasteiger partial charge in [0.05, 0.1) is 5.56 Å². The van der Waals surface area contributed by atoms with E-state index in [-0.39, 0.29) is 11.5 Å². The first-order valence-electron chi connectivity index (χ1n) is 6.80. The van der Waals surface area contributed by atoms with E-state index in [4.69, 9.17) is 0 Å². The van der Waals surface area contributed by atoms with E-state index in [2.05, 4.69) is 5.32 Å². The van der Waals surface area contributed by atoms with Gasteiger partial charge in [0.2, 0.25) is 5.91 Å². The molecule has 0 aliphatic heterocycles. The van der Waals surface area contributed by atoms with Gasteiger partial charge in [-0.2, -0.15) is 13.2 Å². The van der Waals surface area contributed by atoms with Crippen LogP contribution in [0, 0.1) is 10.8 Å². The Hall–Kier alpha value is -1.85. The quantitative estimate of drug-likeness (QED) is 0.846. The van der Waals surface area contributed by atoms with Gasteiger partial charge >= 0.3 is 6.18 Å². The van der Waals surface area contributed by atoms with Crippen LogP contribution in [0.1, 0.15) is 40.2 Å². The lowest BCUT2D eigenvalue weighted by atomic mass is 9.74. The number of Topliss-reactive ketones (excluding diaryl/α,β-unsaturated/α-hetero) is 1. The predicted molar refractivity (Wildman–Crippen MR) is 78.3 cm³/mol. The summed E-state index contributed by atoms with van der Waals surface area (Å²) < 4.78 is 37.4. The van der Waals surface area contributed by atoms with Gasteiger partial charge in [-0.3, -0.25) is 9.59 Å². The fraction of sp³-hybridized carbons (Fsp3) is 0.500. The number of hydrogen-bond donors (Lipinski definition) is 1. The summed E-state index contributed by atoms with van der Waals surface area (Å²) in [7, 11) is 0. The van der Waals surface area contributed by atoms with Gasteiger partial charge in [0.1, 0.15) is 5.41 Å². The molecule has 0 saturated carbocycles. The van der Waals surface area contributed by atoms with Crippen molar-refractivity contribution in [2.24, 2.45) is 10.8 Å². The summed E-state index contributed by atoms with van der Waals surface area (Å²) >= 11 is 0. The van der Waals surface area contributed by atoms with Crippen LogP contribution in [-0.2, 0) is 15.8 Å². The molecule has 0 bridgehead atoms. The number of benzene rings is 1. The second-order valence-electron chi connectivity index (χ2n) is 6.73. The zero-order chi connectivity index (χ0) is 17.3. The second-order valence-corrected chi connectivity index (χ2v) is 6.73. The van der Waals surface area contributed by atoms with Gasteiger partial charge in [-0.15, -0.1) is 0 Å². The van der Waals surface area contributed by atoms with Crippen LogP contribution >= 0.6 is 0 Å². The molecule has 1 amide bonds. The lowest BCUT2D eigenvalue weighted by Gasteiger charge is -2.29. The van der Waals surface area contributed by atoms with Gasteiger partial charge in [-0.1, -0.05) is 20.8 Å². The van der Waals surface area contributed by atoms with Crippen molar-refractivity contribution < 1.29 is 22.8 Å². The molecule has 1 aromatic carbocycles. The largest absolute Gasteiger partial charge is 0.416 e. The van der Waals surface area contributed by atoms with Crippen LogP contribution < -0.4 is 5.32 Å². The molecule has 122 valence electrons. The SMILES string of the molecule is CC(C)(C)C(=O)C(C)(C)C(=O)Nc1ccc(C(F)(F)F)cc1. The number of hydrogen-bond acceptors (Lipinski definition) is 2. The molecule has 0 atom stereocenters. The van der Waals surface area contributed by atoms with Gasteiger partial charge in [0.15, 0.2) is 5.78 Å². The van der Waals surface area contributed by atoms with Gasteiger partial charge < -0.3 is 5.32 Å². The average molecular weight is 315 g/mol. The van der Waals surface area contributed by atoms with Crippen molar-refractivity contribution in [1.82, 2.24) is 0 Å². The zero-order valence-electron chi connectivity index (χ0n) is 13.3. The van der Waals surface area contributed by atoms with E-state index in [0.29, 0.717) is 0 Å². The van der Waals surface area contributed by atoms with E-state index in [9.17, 15) is 22.8 Å². The predicted octanol–water partition coefficient (Wildman–Crippen LogP) is 4.29. The monoisotopic (exact) mass is 315 g/mol. The Labute approximate surface area is 127 Å². The number of carbonyl (C=O) groups is 2. The number of halogens is 3. The van der Waals surface area contributed by atoms with Crippen LogP contribution in [-0.4, -0.2) is 11.7 Å². The van der Waals surface area contributed by atoms with E-state index in [0.717, 1.165) is 12.1 Å². The minimum atomic E-state index is -4.43. The Balaban J connectivity index is 2.91. The molecule has 0 radical (unpaired) electrons. The molecule has 1 rings (SSSR count). The fourth-order valence-electron chi connectivity index (χ4n) is 2.07. The summed E-state index contributed by atoms with van der Waals surface area (Å²) in [6.07, 6.45) is -4.43. The van der Waals surface area contributed by atoms with Crippen molar-refractivity contribution in [3.63, 3.8) is 0 Å². The Bertz CT molecular complexity index is 567. The van der Waals surface area contributed by atoms with Crippen LogP contribution in [0.25, 0.3) is 0 Å². The highest BCUT2D eigenvalue weighted by molar-refractivity contribution is 6.12. The van der Waals surface area contributed by atoms with Gasteiger partial charge in [-0.05, 0) is 38.1 Å². The number of alkyl halides is 3. The van der Waals surface area contributed by atoms with Crippen molar-refractivity contribution in [3.05, 3.63) is 29.8 Å². The van der Waals surface area contributed by atoms with E-state index in [1.807, 2.05) is 0 Å². The molecule has 0 fully saturated rings. The van der Waals surface area contributed by atoms with Crippen LogP contribution in [0.4, 0.5) is 18.9 Å². The summed E-state index contributed by atoms with van der Waals surface area (Å²) in [5.41, 5.74) is -2.55. The first kappa shape index (κ1) is 18.2. The fourth-order valence-corrected chi connectivity index (χ4v) is 2.07. The van der Waals surface area contributed by atoms with E-state index >= 15 is 0 Å². The Morgan fingerprint density at radius 2 is 1.36 bits per heavy atom. The summed E-state index contributed by atoms with van der Waals surface area (Å²) in [4.78, 5) is 24.5. The molecular formula is C16H20F3NO2. The van der Waals surface area contributed by atoms with Gasteiger partial charge in [0.25, 0.3) is 0 Å². The van der Waals surface area contributed by atoms with E-state index in [1.54, 1.807) is 20.8 Å². The summed E-state index contributed by atoms with van der Waals surface area (Å²) in [5, 5.41) is 2.49. The first-order valence-corrected chi connectivity index (χ1v) is 6.80. The van der Waals surface area contributed by atoms with Gasteiger partial charge in [0, 0.05) is 11.1 Å². The molecule has 0 aliphatic carbocycles. The molecule has 22 heavy (non-hydrogen) atoms. The smallest absolute Gasteiger partial charge is 0.325 e. The third-order valence-corrected chi connectivity index (χ3v) is 3.29. The van der Waals surface area contributed by atoms with Crippen LogP contribution in [0.3, 0.4) is 0 Å². The highest BCUT2D eigenvalue weighted by Gasteiger charge is 2.41. The minimum absolute atomic E-state index is 0.216. The highest BCUT2D eigenvalue weighted by atomic mass is 19.4. The summed E-state index contributed by atoms with van der Waals surface area (Å²) in [5.74, 6) is -0.795. The van der Waals surface area contributed by atoms with Crippen molar-refractivity contribution in [2.75, 3.05) is 5.32 Å². The zero-order valence-corrected chi connectivity index (χ0v) is 13.3. The van der Waals surface area contributed by atoms with Crippen LogP contribution in [0.15, 0.2) is 24.3 Å². The maximum Gasteiger partial charge on any atom is 0.416 e. The highest BCUT2D eigenvalue weighted by Crippen LogP contribution is 2.32. The number of rotatable bonds is 3. The molecule has 0 saturated heterocycles. The summed E-state index contributed by atoms with van der Waals surface area (Å²) in [6, 6.07) is 4.10. The molecule has 0 heterocycles. The number of carbonyl (C=O) groups excluding carboxylic acids is 2. The van der Waals surface area contributed by atoms with Gasteiger partial charge in [-0.25, -0.2) is 0 Å². The lowest BCUT2D eigenvalue weighted by Crippen LogP contribution is -2.43. The number of amides is 1. The summed E-state index contributed by atoms with van der Waals surface area (Å²) in [6.45, 7) is 8.13. The van der Waals surface area contributed by atoms with Crippen molar-refractivity contribution in [2.45, 2.75) is 40.8 Å². The molecule has 0 aliphatic rings. The average Bonchev–Trinajstić information content (AvgIpc) is 2.36. The molecule has 1 N–H and O–H groups in total. The number of nitrogens with one attached hydrogen (secondary N) is 1. The molecule has 3 nitrogen and oxygen atoms in total. The molecule has 0 aromatic heterocycles. The van der Waals surface area contributed by atoms with E-state index in [1.165, 1.54) is 26.0 Å². The standard InChI is InChI=1S/C16H20F3NO2/c1-14(2,3)12(21)15(4,5)13(22)20-11-8-6-10(7-9-11)16(17,18)19/h6-9H,1-5H3,(H,20,22). The third-order valence-electron chi connectivity index (χ3n) is 3.29. The molecule has 0 spiro atoms. The normalized spacial score (nSPS) is 12.9. The van der Waals surface area contributed by atoms with E-state index < -0.39 is 28.5 Å². The molecule has 6 heteroatoms. The lowest BCUT2D eigenvalue weighted by molar-refractivity contribution is -0.142. The first-order chi connectivity index (χ1) is 9.76. The van der Waals surface area contributed by atoms with Crippen molar-refractivity contribution in [3.8, 4) is 0 Å². The maximum atomic E-state index is 12.5. The van der Waals surface area contributed by atoms with Crippen LogP contribution in [0.5, 0.6) is 0 Å². The third kappa shape index (κ3) is 4.08. The minimum Gasteiger partial charge on any atom is -0.325 e. The molecular weight excluding hydrogens is 295 g/mol. The van der Waals surface area contributed by atoms with Crippen molar-refractivity contribution in [1.29, 1.82) is 0 Å². The maximum absolute atomic E-state index is 12.5. The Morgan fingerprint density at radius 1 is 0.909 bits per heavy atom. The van der Waals surface area contributed by atoms with Crippen molar-refractivity contribution >= 4 is 17.4 Å². The number of ketones is 1. The topological polar surface area (TPSA) is 46.2 Å². The Morgan fingerprint density at radius 3 is 1.73 bits per heavy atom. The Kier molecular flexibility index (Phi) is 4.75. The molecule has 0 unspecified atom stereocenters. The van der Waals surface area contributed by atoms with Crippen LogP contribution in [0.2, 0.25) is 0 Å². The number of anilines is 1. The second kappa shape index (κ2) is 5.74. The molecule has 1 aromatic rings.